The number of methoxy groups -OCH3 is 1. The summed E-state index contributed by atoms with van der Waals surface area (Å²) >= 11 is 12.4. The van der Waals surface area contributed by atoms with E-state index in [4.69, 9.17) is 27.9 Å². The number of aryl methyl sites for hydroxylation is 1. The number of carbonyl (C=O) groups is 2. The van der Waals surface area contributed by atoms with Gasteiger partial charge in [-0.3, -0.25) is 13.9 Å². The van der Waals surface area contributed by atoms with Crippen molar-refractivity contribution < 1.29 is 22.7 Å². The minimum atomic E-state index is -4.23. The first-order valence-electron chi connectivity index (χ1n) is 13.5. The van der Waals surface area contributed by atoms with Crippen LogP contribution in [0.4, 0.5) is 5.69 Å². The second kappa shape index (κ2) is 13.8. The number of para-hydroxylation sites is 2. The molecule has 0 saturated heterocycles. The Morgan fingerprint density at radius 3 is 2.19 bits per heavy atom. The van der Waals surface area contributed by atoms with E-state index in [0.717, 1.165) is 9.87 Å². The fourth-order valence-electron chi connectivity index (χ4n) is 4.39. The molecule has 3 aromatic rings. The minimum Gasteiger partial charge on any atom is -0.495 e. The van der Waals surface area contributed by atoms with Gasteiger partial charge in [0, 0.05) is 12.1 Å². The van der Waals surface area contributed by atoms with E-state index in [0.29, 0.717) is 15.6 Å². The van der Waals surface area contributed by atoms with E-state index < -0.39 is 34.1 Å². The van der Waals surface area contributed by atoms with Crippen molar-refractivity contribution in [2.24, 2.45) is 0 Å². The van der Waals surface area contributed by atoms with Gasteiger partial charge in [-0.1, -0.05) is 66.0 Å². The first-order valence-corrected chi connectivity index (χ1v) is 15.7. The maximum atomic E-state index is 14.2. The summed E-state index contributed by atoms with van der Waals surface area (Å²) in [5, 5.41) is 3.59. The highest BCUT2D eigenvalue weighted by Crippen LogP contribution is 2.33. The quantitative estimate of drug-likeness (QED) is 0.270. The molecule has 0 aromatic heterocycles. The molecule has 226 valence electrons. The number of carbonyl (C=O) groups excluding carboxylic acids is 2. The third-order valence-corrected chi connectivity index (χ3v) is 8.98. The second-order valence-electron chi connectivity index (χ2n) is 10.9. The zero-order chi connectivity index (χ0) is 31.2. The molecule has 1 atom stereocenters. The topological polar surface area (TPSA) is 96.0 Å². The summed E-state index contributed by atoms with van der Waals surface area (Å²) in [5.41, 5.74) is 1.15. The molecule has 0 aliphatic heterocycles. The van der Waals surface area contributed by atoms with E-state index in [-0.39, 0.29) is 35.2 Å². The van der Waals surface area contributed by atoms with Crippen LogP contribution in [0.15, 0.2) is 71.6 Å². The van der Waals surface area contributed by atoms with Gasteiger partial charge >= 0.3 is 0 Å². The standard InChI is InChI=1S/C31H37Cl2N3O5S/c1-7-26(30(38)34-31(3,4)5)35(19-22-14-17-24(32)25(33)18-22)29(37)20-36(27-10-8-9-11-28(27)41-6)42(39,40)23-15-12-21(2)13-16-23/h8-18,26H,7,19-20H2,1-6H3,(H,34,38)/t26-/m1/s1. The molecule has 0 aliphatic rings. The van der Waals surface area contributed by atoms with Gasteiger partial charge in [-0.25, -0.2) is 8.42 Å². The van der Waals surface area contributed by atoms with E-state index in [2.05, 4.69) is 5.32 Å². The molecule has 2 amide bonds. The van der Waals surface area contributed by atoms with Crippen LogP contribution in [-0.4, -0.2) is 50.4 Å². The lowest BCUT2D eigenvalue weighted by Crippen LogP contribution is -2.55. The predicted molar refractivity (Wildman–Crippen MR) is 168 cm³/mol. The van der Waals surface area contributed by atoms with Gasteiger partial charge in [0.05, 0.1) is 27.7 Å². The molecule has 0 radical (unpaired) electrons. The Morgan fingerprint density at radius 2 is 1.62 bits per heavy atom. The number of ether oxygens (including phenoxy) is 1. The summed E-state index contributed by atoms with van der Waals surface area (Å²) in [6, 6.07) is 17.0. The molecule has 11 heteroatoms. The Labute approximate surface area is 258 Å². The van der Waals surface area contributed by atoms with Crippen LogP contribution in [0.2, 0.25) is 10.0 Å². The Balaban J connectivity index is 2.12. The van der Waals surface area contributed by atoms with Crippen LogP contribution in [0.25, 0.3) is 0 Å². The zero-order valence-corrected chi connectivity index (χ0v) is 27.0. The van der Waals surface area contributed by atoms with Crippen LogP contribution < -0.4 is 14.4 Å². The smallest absolute Gasteiger partial charge is 0.264 e. The number of hydrogen-bond donors (Lipinski definition) is 1. The molecule has 1 N–H and O–H groups in total. The number of rotatable bonds is 11. The van der Waals surface area contributed by atoms with E-state index in [1.165, 1.54) is 24.1 Å². The molecular formula is C31H37Cl2N3O5S. The molecule has 0 fully saturated rings. The number of anilines is 1. The Kier molecular flexibility index (Phi) is 10.9. The monoisotopic (exact) mass is 633 g/mol. The molecular weight excluding hydrogens is 597 g/mol. The number of sulfonamides is 1. The summed E-state index contributed by atoms with van der Waals surface area (Å²) < 4.78 is 34.6. The minimum absolute atomic E-state index is 0.00383. The van der Waals surface area contributed by atoms with Crippen molar-refractivity contribution in [3.8, 4) is 5.75 Å². The molecule has 0 saturated carbocycles. The number of nitrogens with zero attached hydrogens (tertiary/aromatic N) is 2. The van der Waals surface area contributed by atoms with Crippen molar-refractivity contribution in [1.29, 1.82) is 0 Å². The van der Waals surface area contributed by atoms with Crippen molar-refractivity contribution in [3.05, 3.63) is 87.9 Å². The average molecular weight is 635 g/mol. The lowest BCUT2D eigenvalue weighted by Gasteiger charge is -2.35. The van der Waals surface area contributed by atoms with Crippen molar-refractivity contribution in [2.45, 2.75) is 64.1 Å². The van der Waals surface area contributed by atoms with Crippen LogP contribution in [0, 0.1) is 6.92 Å². The molecule has 3 aromatic carbocycles. The SMILES string of the molecule is CC[C@H](C(=O)NC(C)(C)C)N(Cc1ccc(Cl)c(Cl)c1)C(=O)CN(c1ccccc1OC)S(=O)(=O)c1ccc(C)cc1. The van der Waals surface area contributed by atoms with Crippen LogP contribution >= 0.6 is 23.2 Å². The highest BCUT2D eigenvalue weighted by Gasteiger charge is 2.35. The Morgan fingerprint density at radius 1 is 0.976 bits per heavy atom. The molecule has 42 heavy (non-hydrogen) atoms. The van der Waals surface area contributed by atoms with Gasteiger partial charge in [-0.15, -0.1) is 0 Å². The number of benzene rings is 3. The van der Waals surface area contributed by atoms with Gasteiger partial charge in [-0.2, -0.15) is 0 Å². The Bertz CT molecular complexity index is 1520. The van der Waals surface area contributed by atoms with Crippen LogP contribution in [-0.2, 0) is 26.2 Å². The molecule has 0 heterocycles. The third kappa shape index (κ3) is 8.18. The molecule has 0 aliphatic carbocycles. The molecule has 0 unspecified atom stereocenters. The number of hydrogen-bond acceptors (Lipinski definition) is 5. The van der Waals surface area contributed by atoms with Crippen molar-refractivity contribution >= 4 is 50.7 Å². The predicted octanol–water partition coefficient (Wildman–Crippen LogP) is 6.23. The number of halogens is 2. The third-order valence-electron chi connectivity index (χ3n) is 6.46. The molecule has 8 nitrogen and oxygen atoms in total. The second-order valence-corrected chi connectivity index (χ2v) is 13.6. The van der Waals surface area contributed by atoms with Crippen molar-refractivity contribution in [1.82, 2.24) is 10.2 Å². The summed E-state index contributed by atoms with van der Waals surface area (Å²) in [4.78, 5) is 29.1. The van der Waals surface area contributed by atoms with Crippen molar-refractivity contribution in [2.75, 3.05) is 18.0 Å². The highest BCUT2D eigenvalue weighted by atomic mass is 35.5. The van der Waals surface area contributed by atoms with E-state index in [1.807, 2.05) is 27.7 Å². The lowest BCUT2D eigenvalue weighted by molar-refractivity contribution is -0.141. The summed E-state index contributed by atoms with van der Waals surface area (Å²) in [7, 11) is -2.80. The first kappa shape index (κ1) is 33.2. The molecule has 3 rings (SSSR count). The molecule has 0 spiro atoms. The van der Waals surface area contributed by atoms with Gasteiger partial charge in [0.25, 0.3) is 10.0 Å². The normalized spacial score (nSPS) is 12.4. The van der Waals surface area contributed by atoms with E-state index in [1.54, 1.807) is 61.5 Å². The Hall–Kier alpha value is -3.27. The first-order chi connectivity index (χ1) is 19.7. The fourth-order valence-corrected chi connectivity index (χ4v) is 6.14. The maximum absolute atomic E-state index is 14.2. The van der Waals surface area contributed by atoms with Crippen LogP contribution in [0.5, 0.6) is 5.75 Å². The molecule has 0 bridgehead atoms. The van der Waals surface area contributed by atoms with Crippen LogP contribution in [0.3, 0.4) is 0 Å². The number of nitrogens with one attached hydrogen (secondary N) is 1. The van der Waals surface area contributed by atoms with E-state index in [9.17, 15) is 18.0 Å². The number of amides is 2. The lowest BCUT2D eigenvalue weighted by atomic mass is 10.1. The van der Waals surface area contributed by atoms with Crippen molar-refractivity contribution in [3.63, 3.8) is 0 Å². The van der Waals surface area contributed by atoms with E-state index >= 15 is 0 Å². The van der Waals surface area contributed by atoms with Gasteiger partial charge in [0.2, 0.25) is 11.8 Å². The van der Waals surface area contributed by atoms with Gasteiger partial charge in [0.1, 0.15) is 18.3 Å². The summed E-state index contributed by atoms with van der Waals surface area (Å²) in [5.74, 6) is -0.670. The maximum Gasteiger partial charge on any atom is 0.264 e. The van der Waals surface area contributed by atoms with Crippen LogP contribution in [0.1, 0.15) is 45.2 Å². The average Bonchev–Trinajstić information content (AvgIpc) is 2.92. The van der Waals surface area contributed by atoms with Gasteiger partial charge in [-0.05, 0) is 76.1 Å². The van der Waals surface area contributed by atoms with Gasteiger partial charge in [0.15, 0.2) is 0 Å². The highest BCUT2D eigenvalue weighted by molar-refractivity contribution is 7.92. The summed E-state index contributed by atoms with van der Waals surface area (Å²) in [6.45, 7) is 8.60. The summed E-state index contributed by atoms with van der Waals surface area (Å²) in [6.07, 6.45) is 0.286. The van der Waals surface area contributed by atoms with Gasteiger partial charge < -0.3 is 15.0 Å². The zero-order valence-electron chi connectivity index (χ0n) is 24.6. The largest absolute Gasteiger partial charge is 0.495 e. The fraction of sp³-hybridized carbons (Fsp3) is 0.355.